The van der Waals surface area contributed by atoms with Gasteiger partial charge in [-0.1, -0.05) is 18.2 Å². The van der Waals surface area contributed by atoms with Crippen LogP contribution in [0.4, 0.5) is 14.5 Å². The summed E-state index contributed by atoms with van der Waals surface area (Å²) in [5.41, 5.74) is 2.05. The molecule has 6 heteroatoms. The fourth-order valence-electron chi connectivity index (χ4n) is 2.62. The molecule has 142 valence electrons. The van der Waals surface area contributed by atoms with Crippen molar-refractivity contribution in [2.45, 2.75) is 6.42 Å². The second-order valence-corrected chi connectivity index (χ2v) is 6.17. The Hall–Kier alpha value is -3.54. The van der Waals surface area contributed by atoms with E-state index in [-0.39, 0.29) is 11.7 Å². The van der Waals surface area contributed by atoms with E-state index in [1.165, 1.54) is 42.5 Å². The van der Waals surface area contributed by atoms with E-state index >= 15 is 0 Å². The molecule has 0 aliphatic carbocycles. The molecule has 0 atom stereocenters. The van der Waals surface area contributed by atoms with Gasteiger partial charge in [-0.15, -0.1) is 0 Å². The van der Waals surface area contributed by atoms with Gasteiger partial charge in [0.05, 0.1) is 0 Å². The topological polar surface area (TPSA) is 58.2 Å². The van der Waals surface area contributed by atoms with Crippen molar-refractivity contribution in [2.24, 2.45) is 0 Å². The third-order valence-electron chi connectivity index (χ3n) is 4.10. The Bertz CT molecular complexity index is 971. The molecular weight excluding hydrogens is 362 g/mol. The van der Waals surface area contributed by atoms with E-state index in [0.29, 0.717) is 29.8 Å². The Morgan fingerprint density at radius 3 is 2.04 bits per heavy atom. The van der Waals surface area contributed by atoms with Gasteiger partial charge in [-0.25, -0.2) is 8.78 Å². The van der Waals surface area contributed by atoms with E-state index < -0.39 is 11.7 Å². The van der Waals surface area contributed by atoms with Gasteiger partial charge in [0.2, 0.25) is 0 Å². The Kier molecular flexibility index (Phi) is 6.11. The molecule has 0 fully saturated rings. The molecule has 0 aliphatic heterocycles. The largest absolute Gasteiger partial charge is 0.352 e. The summed E-state index contributed by atoms with van der Waals surface area (Å²) >= 11 is 0. The van der Waals surface area contributed by atoms with E-state index in [2.05, 4.69) is 10.6 Å². The van der Waals surface area contributed by atoms with Crippen molar-refractivity contribution in [3.63, 3.8) is 0 Å². The van der Waals surface area contributed by atoms with Crippen molar-refractivity contribution in [3.05, 3.63) is 101 Å². The van der Waals surface area contributed by atoms with Crippen molar-refractivity contribution >= 4 is 17.5 Å². The van der Waals surface area contributed by atoms with Gasteiger partial charge in [0.1, 0.15) is 11.6 Å². The van der Waals surface area contributed by atoms with Crippen LogP contribution in [0.2, 0.25) is 0 Å². The van der Waals surface area contributed by atoms with Crippen molar-refractivity contribution < 1.29 is 18.4 Å². The molecule has 4 nitrogen and oxygen atoms in total. The van der Waals surface area contributed by atoms with Crippen LogP contribution >= 0.6 is 0 Å². The van der Waals surface area contributed by atoms with Crippen LogP contribution in [0.5, 0.6) is 0 Å². The van der Waals surface area contributed by atoms with Crippen LogP contribution in [0, 0.1) is 11.6 Å². The highest BCUT2D eigenvalue weighted by molar-refractivity contribution is 6.05. The van der Waals surface area contributed by atoms with Crippen LogP contribution in [0.15, 0.2) is 72.8 Å². The standard InChI is InChI=1S/C22H18F2N2O2/c23-18-10-4-15(5-11-18)12-13-25-21(27)16-6-8-17(9-7-16)22(28)26-20-3-1-2-19(24)14-20/h1-11,14H,12-13H2,(H,25,27)(H,26,28). The monoisotopic (exact) mass is 380 g/mol. The number of carbonyl (C=O) groups excluding carboxylic acids is 2. The molecular formula is C22H18F2N2O2. The van der Waals surface area contributed by atoms with E-state index in [1.54, 1.807) is 30.3 Å². The normalized spacial score (nSPS) is 10.4. The number of nitrogens with one attached hydrogen (secondary N) is 2. The molecule has 0 heterocycles. The number of benzene rings is 3. The summed E-state index contributed by atoms with van der Waals surface area (Å²) in [7, 11) is 0. The van der Waals surface area contributed by atoms with Crippen molar-refractivity contribution in [2.75, 3.05) is 11.9 Å². The summed E-state index contributed by atoms with van der Waals surface area (Å²) in [4.78, 5) is 24.4. The maximum absolute atomic E-state index is 13.2. The lowest BCUT2D eigenvalue weighted by Crippen LogP contribution is -2.25. The zero-order valence-corrected chi connectivity index (χ0v) is 14.9. The molecule has 0 aromatic heterocycles. The molecule has 0 spiro atoms. The maximum atomic E-state index is 13.2. The number of carbonyl (C=O) groups is 2. The number of anilines is 1. The predicted molar refractivity (Wildman–Crippen MR) is 103 cm³/mol. The summed E-state index contributed by atoms with van der Waals surface area (Å²) in [5.74, 6) is -1.40. The molecule has 2 amide bonds. The molecule has 3 aromatic carbocycles. The minimum atomic E-state index is -0.439. The zero-order valence-electron chi connectivity index (χ0n) is 14.9. The van der Waals surface area contributed by atoms with Crippen molar-refractivity contribution in [3.8, 4) is 0 Å². The molecule has 0 unspecified atom stereocenters. The van der Waals surface area contributed by atoms with Crippen LogP contribution < -0.4 is 10.6 Å². The summed E-state index contributed by atoms with van der Waals surface area (Å²) < 4.78 is 26.1. The van der Waals surface area contributed by atoms with Gasteiger partial charge in [0.25, 0.3) is 11.8 Å². The van der Waals surface area contributed by atoms with Gasteiger partial charge in [-0.05, 0) is 66.6 Å². The first-order valence-corrected chi connectivity index (χ1v) is 8.71. The Morgan fingerprint density at radius 1 is 0.750 bits per heavy atom. The Morgan fingerprint density at radius 2 is 1.39 bits per heavy atom. The molecule has 2 N–H and O–H groups in total. The predicted octanol–water partition coefficient (Wildman–Crippen LogP) is 4.19. The summed E-state index contributed by atoms with van der Waals surface area (Å²) in [6.07, 6.45) is 0.583. The lowest BCUT2D eigenvalue weighted by molar-refractivity contribution is 0.0952. The quantitative estimate of drug-likeness (QED) is 0.674. The first kappa shape index (κ1) is 19.2. The van der Waals surface area contributed by atoms with E-state index in [1.807, 2.05) is 0 Å². The van der Waals surface area contributed by atoms with Crippen LogP contribution in [-0.4, -0.2) is 18.4 Å². The number of halogens is 2. The molecule has 0 saturated carbocycles. The highest BCUT2D eigenvalue weighted by Gasteiger charge is 2.09. The van der Waals surface area contributed by atoms with Crippen molar-refractivity contribution in [1.29, 1.82) is 0 Å². The van der Waals surface area contributed by atoms with E-state index in [0.717, 1.165) is 5.56 Å². The molecule has 28 heavy (non-hydrogen) atoms. The first-order valence-electron chi connectivity index (χ1n) is 8.71. The van der Waals surface area contributed by atoms with Gasteiger partial charge < -0.3 is 10.6 Å². The number of rotatable bonds is 6. The average molecular weight is 380 g/mol. The maximum Gasteiger partial charge on any atom is 0.255 e. The summed E-state index contributed by atoms with van der Waals surface area (Å²) in [6.45, 7) is 0.409. The highest BCUT2D eigenvalue weighted by Crippen LogP contribution is 2.12. The van der Waals surface area contributed by atoms with Crippen LogP contribution in [0.3, 0.4) is 0 Å². The second kappa shape index (κ2) is 8.90. The minimum absolute atomic E-state index is 0.265. The third kappa shape index (κ3) is 5.23. The molecule has 3 rings (SSSR count). The smallest absolute Gasteiger partial charge is 0.255 e. The van der Waals surface area contributed by atoms with Gasteiger partial charge >= 0.3 is 0 Å². The molecule has 3 aromatic rings. The Balaban J connectivity index is 1.53. The van der Waals surface area contributed by atoms with Gasteiger partial charge in [-0.3, -0.25) is 9.59 Å². The molecule has 0 bridgehead atoms. The third-order valence-corrected chi connectivity index (χ3v) is 4.10. The van der Waals surface area contributed by atoms with Crippen LogP contribution in [0.25, 0.3) is 0 Å². The Labute approximate surface area is 161 Å². The second-order valence-electron chi connectivity index (χ2n) is 6.17. The van der Waals surface area contributed by atoms with E-state index in [9.17, 15) is 18.4 Å². The summed E-state index contributed by atoms with van der Waals surface area (Å²) in [5, 5.41) is 5.38. The number of amides is 2. The van der Waals surface area contributed by atoms with E-state index in [4.69, 9.17) is 0 Å². The number of hydrogen-bond donors (Lipinski definition) is 2. The fourth-order valence-corrected chi connectivity index (χ4v) is 2.62. The highest BCUT2D eigenvalue weighted by atomic mass is 19.1. The van der Waals surface area contributed by atoms with Crippen LogP contribution in [-0.2, 0) is 6.42 Å². The first-order chi connectivity index (χ1) is 13.5. The molecule has 0 radical (unpaired) electrons. The van der Waals surface area contributed by atoms with Gasteiger partial charge in [0, 0.05) is 23.4 Å². The SMILES string of the molecule is O=C(NCCc1ccc(F)cc1)c1ccc(C(=O)Nc2cccc(F)c2)cc1. The summed E-state index contributed by atoms with van der Waals surface area (Å²) in [6, 6.07) is 17.9. The molecule has 0 saturated heterocycles. The number of hydrogen-bond acceptors (Lipinski definition) is 2. The van der Waals surface area contributed by atoms with Crippen LogP contribution in [0.1, 0.15) is 26.3 Å². The molecule has 0 aliphatic rings. The zero-order chi connectivity index (χ0) is 19.9. The minimum Gasteiger partial charge on any atom is -0.352 e. The lowest BCUT2D eigenvalue weighted by Gasteiger charge is -2.08. The van der Waals surface area contributed by atoms with Gasteiger partial charge in [0.15, 0.2) is 0 Å². The lowest BCUT2D eigenvalue weighted by atomic mass is 10.1. The fraction of sp³-hybridized carbons (Fsp3) is 0.0909. The average Bonchev–Trinajstić information content (AvgIpc) is 2.69. The van der Waals surface area contributed by atoms with Crippen molar-refractivity contribution in [1.82, 2.24) is 5.32 Å². The van der Waals surface area contributed by atoms with Gasteiger partial charge in [-0.2, -0.15) is 0 Å².